The minimum atomic E-state index is 1.01. The first kappa shape index (κ1) is 11.0. The van der Waals surface area contributed by atoms with Gasteiger partial charge in [-0.3, -0.25) is 0 Å². The molecule has 78 valence electrons. The number of hydrogen-bond donors (Lipinski definition) is 0. The van der Waals surface area contributed by atoms with Crippen molar-refractivity contribution in [3.8, 4) is 0 Å². The number of likely N-dealkylation sites (tertiary alicyclic amines) is 1. The van der Waals surface area contributed by atoms with Crippen molar-refractivity contribution in [1.82, 2.24) is 4.90 Å². The van der Waals surface area contributed by atoms with Gasteiger partial charge in [-0.1, -0.05) is 33.1 Å². The SMILES string of the molecule is CCCC(CC)C1CCN(C)CC1. The second-order valence-electron chi connectivity index (χ2n) is 4.60. The molecule has 1 saturated heterocycles. The Kier molecular flexibility index (Phi) is 4.79. The fourth-order valence-corrected chi connectivity index (χ4v) is 2.64. The summed E-state index contributed by atoms with van der Waals surface area (Å²) in [4.78, 5) is 2.47. The Morgan fingerprint density at radius 2 is 1.85 bits per heavy atom. The molecule has 0 aromatic rings. The van der Waals surface area contributed by atoms with Gasteiger partial charge < -0.3 is 4.90 Å². The fourth-order valence-electron chi connectivity index (χ4n) is 2.64. The van der Waals surface area contributed by atoms with Gasteiger partial charge in [0.15, 0.2) is 0 Å². The Labute approximate surface area is 83.5 Å². The predicted molar refractivity (Wildman–Crippen MR) is 58.9 cm³/mol. The molecule has 1 aliphatic heterocycles. The van der Waals surface area contributed by atoms with Gasteiger partial charge in [0, 0.05) is 0 Å². The van der Waals surface area contributed by atoms with Crippen molar-refractivity contribution < 1.29 is 0 Å². The standard InChI is InChI=1S/C12H25N/c1-4-6-11(5-2)12-7-9-13(3)10-8-12/h11-12H,4-10H2,1-3H3. The maximum Gasteiger partial charge on any atom is -0.00190 e. The molecule has 1 atom stereocenters. The maximum absolute atomic E-state index is 2.47. The van der Waals surface area contributed by atoms with Crippen molar-refractivity contribution in [2.75, 3.05) is 20.1 Å². The van der Waals surface area contributed by atoms with E-state index in [0.717, 1.165) is 11.8 Å². The summed E-state index contributed by atoms with van der Waals surface area (Å²) in [6.45, 7) is 7.33. The average Bonchev–Trinajstić information content (AvgIpc) is 2.16. The zero-order chi connectivity index (χ0) is 9.68. The smallest absolute Gasteiger partial charge is 0.00190 e. The highest BCUT2D eigenvalue weighted by atomic mass is 15.1. The van der Waals surface area contributed by atoms with Gasteiger partial charge in [-0.25, -0.2) is 0 Å². The first-order chi connectivity index (χ1) is 6.27. The van der Waals surface area contributed by atoms with Crippen LogP contribution in [0.1, 0.15) is 46.0 Å². The summed E-state index contributed by atoms with van der Waals surface area (Å²) >= 11 is 0. The molecule has 0 aliphatic carbocycles. The molecule has 0 spiro atoms. The summed E-state index contributed by atoms with van der Waals surface area (Å²) in [6, 6.07) is 0. The van der Waals surface area contributed by atoms with Crippen molar-refractivity contribution >= 4 is 0 Å². The number of rotatable bonds is 4. The van der Waals surface area contributed by atoms with Crippen LogP contribution in [0.25, 0.3) is 0 Å². The number of nitrogens with zero attached hydrogens (tertiary/aromatic N) is 1. The van der Waals surface area contributed by atoms with E-state index in [2.05, 4.69) is 25.8 Å². The maximum atomic E-state index is 2.47. The molecule has 1 fully saturated rings. The summed E-state index contributed by atoms with van der Waals surface area (Å²) in [5.74, 6) is 2.04. The Hall–Kier alpha value is -0.0400. The van der Waals surface area contributed by atoms with E-state index in [9.17, 15) is 0 Å². The van der Waals surface area contributed by atoms with Crippen molar-refractivity contribution in [2.45, 2.75) is 46.0 Å². The zero-order valence-corrected chi connectivity index (χ0v) is 9.55. The Balaban J connectivity index is 2.32. The van der Waals surface area contributed by atoms with Crippen molar-refractivity contribution in [2.24, 2.45) is 11.8 Å². The third-order valence-corrected chi connectivity index (χ3v) is 3.61. The van der Waals surface area contributed by atoms with Crippen LogP contribution in [0.2, 0.25) is 0 Å². The molecule has 1 rings (SSSR count). The van der Waals surface area contributed by atoms with Crippen molar-refractivity contribution in [3.63, 3.8) is 0 Å². The lowest BCUT2D eigenvalue weighted by Crippen LogP contribution is -2.33. The lowest BCUT2D eigenvalue weighted by molar-refractivity contribution is 0.161. The summed E-state index contributed by atoms with van der Waals surface area (Å²) in [6.07, 6.45) is 7.09. The number of piperidine rings is 1. The average molecular weight is 183 g/mol. The molecule has 1 heterocycles. The minimum absolute atomic E-state index is 1.01. The van der Waals surface area contributed by atoms with E-state index in [1.165, 1.54) is 45.2 Å². The molecular weight excluding hydrogens is 158 g/mol. The first-order valence-electron chi connectivity index (χ1n) is 5.96. The van der Waals surface area contributed by atoms with E-state index in [1.54, 1.807) is 0 Å². The van der Waals surface area contributed by atoms with Crippen molar-refractivity contribution in [3.05, 3.63) is 0 Å². The van der Waals surface area contributed by atoms with Crippen LogP contribution >= 0.6 is 0 Å². The quantitative estimate of drug-likeness (QED) is 0.647. The highest BCUT2D eigenvalue weighted by molar-refractivity contribution is 4.75. The molecule has 13 heavy (non-hydrogen) atoms. The van der Waals surface area contributed by atoms with E-state index >= 15 is 0 Å². The summed E-state index contributed by atoms with van der Waals surface area (Å²) in [5, 5.41) is 0. The molecule has 1 heteroatoms. The zero-order valence-electron chi connectivity index (χ0n) is 9.55. The molecule has 0 amide bonds. The van der Waals surface area contributed by atoms with E-state index in [-0.39, 0.29) is 0 Å². The third-order valence-electron chi connectivity index (χ3n) is 3.61. The molecule has 0 aromatic carbocycles. The van der Waals surface area contributed by atoms with Gasteiger partial charge in [0.05, 0.1) is 0 Å². The van der Waals surface area contributed by atoms with E-state index in [0.29, 0.717) is 0 Å². The van der Waals surface area contributed by atoms with Crippen LogP contribution in [0.15, 0.2) is 0 Å². The minimum Gasteiger partial charge on any atom is -0.306 e. The van der Waals surface area contributed by atoms with E-state index < -0.39 is 0 Å². The van der Waals surface area contributed by atoms with Gasteiger partial charge in [0.2, 0.25) is 0 Å². The fraction of sp³-hybridized carbons (Fsp3) is 1.00. The van der Waals surface area contributed by atoms with Crippen LogP contribution in [0, 0.1) is 11.8 Å². The molecule has 0 aromatic heterocycles. The van der Waals surface area contributed by atoms with E-state index in [4.69, 9.17) is 0 Å². The van der Waals surface area contributed by atoms with Gasteiger partial charge in [0.1, 0.15) is 0 Å². The molecule has 0 saturated carbocycles. The van der Waals surface area contributed by atoms with E-state index in [1.807, 2.05) is 0 Å². The van der Waals surface area contributed by atoms with Crippen LogP contribution in [0.5, 0.6) is 0 Å². The van der Waals surface area contributed by atoms with Crippen LogP contribution < -0.4 is 0 Å². The Morgan fingerprint density at radius 3 is 2.31 bits per heavy atom. The van der Waals surface area contributed by atoms with Crippen molar-refractivity contribution in [1.29, 1.82) is 0 Å². The van der Waals surface area contributed by atoms with Crippen LogP contribution in [0.3, 0.4) is 0 Å². The molecular formula is C12H25N. The number of hydrogen-bond acceptors (Lipinski definition) is 1. The largest absolute Gasteiger partial charge is 0.306 e. The third kappa shape index (κ3) is 3.30. The lowest BCUT2D eigenvalue weighted by Gasteiger charge is -2.33. The molecule has 1 aliphatic rings. The van der Waals surface area contributed by atoms with Crippen LogP contribution in [-0.2, 0) is 0 Å². The van der Waals surface area contributed by atoms with Gasteiger partial charge >= 0.3 is 0 Å². The normalized spacial score (nSPS) is 23.3. The summed E-state index contributed by atoms with van der Waals surface area (Å²) in [7, 11) is 2.25. The highest BCUT2D eigenvalue weighted by Gasteiger charge is 2.23. The Morgan fingerprint density at radius 1 is 1.23 bits per heavy atom. The molecule has 0 N–H and O–H groups in total. The van der Waals surface area contributed by atoms with Gasteiger partial charge in [-0.05, 0) is 44.8 Å². The lowest BCUT2D eigenvalue weighted by atomic mass is 9.80. The highest BCUT2D eigenvalue weighted by Crippen LogP contribution is 2.29. The van der Waals surface area contributed by atoms with Crippen LogP contribution in [-0.4, -0.2) is 25.0 Å². The summed E-state index contributed by atoms with van der Waals surface area (Å²) < 4.78 is 0. The summed E-state index contributed by atoms with van der Waals surface area (Å²) in [5.41, 5.74) is 0. The molecule has 0 bridgehead atoms. The van der Waals surface area contributed by atoms with Gasteiger partial charge in [0.25, 0.3) is 0 Å². The second kappa shape index (κ2) is 5.64. The monoisotopic (exact) mass is 183 g/mol. The van der Waals surface area contributed by atoms with Crippen LogP contribution in [0.4, 0.5) is 0 Å². The second-order valence-corrected chi connectivity index (χ2v) is 4.60. The molecule has 0 radical (unpaired) electrons. The molecule has 1 unspecified atom stereocenters. The predicted octanol–water partition coefficient (Wildman–Crippen LogP) is 3.15. The van der Waals surface area contributed by atoms with Gasteiger partial charge in [-0.2, -0.15) is 0 Å². The first-order valence-corrected chi connectivity index (χ1v) is 5.96. The Bertz CT molecular complexity index is 125. The molecule has 1 nitrogen and oxygen atoms in total. The van der Waals surface area contributed by atoms with Gasteiger partial charge in [-0.15, -0.1) is 0 Å². The topological polar surface area (TPSA) is 3.24 Å².